The number of aryl methyl sites for hydroxylation is 2. The Labute approximate surface area is 173 Å². The number of para-hydroxylation sites is 1. The lowest BCUT2D eigenvalue weighted by Crippen LogP contribution is -2.08. The van der Waals surface area contributed by atoms with E-state index in [0.29, 0.717) is 17.3 Å². The summed E-state index contributed by atoms with van der Waals surface area (Å²) in [5.74, 6) is 0.0624. The zero-order valence-electron chi connectivity index (χ0n) is 16.8. The minimum Gasteiger partial charge on any atom is -0.497 e. The summed E-state index contributed by atoms with van der Waals surface area (Å²) in [6.07, 6.45) is 3.24. The first-order valence-corrected chi connectivity index (χ1v) is 9.36. The molecule has 7 heteroatoms. The highest BCUT2D eigenvalue weighted by molar-refractivity contribution is 5.96. The number of furan rings is 1. The molecule has 0 radical (unpaired) electrons. The van der Waals surface area contributed by atoms with E-state index < -0.39 is 5.97 Å². The number of methoxy groups -OCH3 is 1. The van der Waals surface area contributed by atoms with Crippen LogP contribution in [0.25, 0.3) is 16.8 Å². The van der Waals surface area contributed by atoms with Gasteiger partial charge < -0.3 is 19.6 Å². The van der Waals surface area contributed by atoms with E-state index in [1.807, 2.05) is 44.2 Å². The standard InChI is InChI=1S/C23H21N3O4/c1-14-6-4-5-7-20(14)26-22(21(15(2)25-26)16-10-11-30-13-16)24-19-9-8-17(29-3)12-18(19)23(27)28/h4-13,24H,1-3H3,(H,27,28). The summed E-state index contributed by atoms with van der Waals surface area (Å²) in [5.41, 5.74) is 4.93. The number of hydrogen-bond acceptors (Lipinski definition) is 5. The molecule has 4 rings (SSSR count). The second-order valence-corrected chi connectivity index (χ2v) is 6.86. The third kappa shape index (κ3) is 3.41. The van der Waals surface area contributed by atoms with E-state index >= 15 is 0 Å². The van der Waals surface area contributed by atoms with E-state index in [1.165, 1.54) is 13.2 Å². The highest BCUT2D eigenvalue weighted by Gasteiger charge is 2.22. The van der Waals surface area contributed by atoms with Gasteiger partial charge in [-0.1, -0.05) is 18.2 Å². The molecule has 0 aliphatic carbocycles. The maximum atomic E-state index is 11.9. The van der Waals surface area contributed by atoms with Crippen molar-refractivity contribution < 1.29 is 19.1 Å². The number of ether oxygens (including phenoxy) is 1. The predicted octanol–water partition coefficient (Wildman–Crippen LogP) is 5.20. The lowest BCUT2D eigenvalue weighted by atomic mass is 10.1. The molecule has 2 N–H and O–H groups in total. The number of carboxylic acids is 1. The van der Waals surface area contributed by atoms with Gasteiger partial charge in [-0.2, -0.15) is 5.10 Å². The number of nitrogens with one attached hydrogen (secondary N) is 1. The van der Waals surface area contributed by atoms with Crippen LogP contribution < -0.4 is 10.1 Å². The topological polar surface area (TPSA) is 89.5 Å². The predicted molar refractivity (Wildman–Crippen MR) is 114 cm³/mol. The van der Waals surface area contributed by atoms with Gasteiger partial charge in [-0.05, 0) is 49.7 Å². The van der Waals surface area contributed by atoms with Crippen molar-refractivity contribution in [1.29, 1.82) is 0 Å². The number of hydrogen-bond donors (Lipinski definition) is 2. The molecule has 2 aromatic carbocycles. The fourth-order valence-corrected chi connectivity index (χ4v) is 3.43. The van der Waals surface area contributed by atoms with Crippen LogP contribution in [0.4, 0.5) is 11.5 Å². The SMILES string of the molecule is COc1ccc(Nc2c(-c3ccoc3)c(C)nn2-c2ccccc2C)c(C(=O)O)c1. The van der Waals surface area contributed by atoms with Gasteiger partial charge in [0.2, 0.25) is 0 Å². The van der Waals surface area contributed by atoms with Crippen LogP contribution in [-0.4, -0.2) is 28.0 Å². The highest BCUT2D eigenvalue weighted by Crippen LogP contribution is 2.37. The summed E-state index contributed by atoms with van der Waals surface area (Å²) in [6.45, 7) is 3.91. The molecule has 30 heavy (non-hydrogen) atoms. The Morgan fingerprint density at radius 1 is 1.17 bits per heavy atom. The maximum absolute atomic E-state index is 11.9. The Hall–Kier alpha value is -4.00. The van der Waals surface area contributed by atoms with Gasteiger partial charge in [-0.25, -0.2) is 9.48 Å². The van der Waals surface area contributed by atoms with Gasteiger partial charge in [-0.3, -0.25) is 0 Å². The van der Waals surface area contributed by atoms with Crippen LogP contribution in [0.15, 0.2) is 65.5 Å². The zero-order valence-corrected chi connectivity index (χ0v) is 16.8. The average molecular weight is 403 g/mol. The molecule has 0 saturated carbocycles. The van der Waals surface area contributed by atoms with Crippen LogP contribution in [-0.2, 0) is 0 Å². The van der Waals surface area contributed by atoms with Crippen molar-refractivity contribution in [1.82, 2.24) is 9.78 Å². The fraction of sp³-hybridized carbons (Fsp3) is 0.130. The number of benzene rings is 2. The number of rotatable bonds is 6. The molecule has 0 aliphatic rings. The first-order chi connectivity index (χ1) is 14.5. The van der Waals surface area contributed by atoms with Crippen LogP contribution >= 0.6 is 0 Å². The quantitative estimate of drug-likeness (QED) is 0.460. The number of nitrogens with zero attached hydrogens (tertiary/aromatic N) is 2. The normalized spacial score (nSPS) is 10.8. The minimum atomic E-state index is -1.06. The van der Waals surface area contributed by atoms with Crippen LogP contribution in [0.2, 0.25) is 0 Å². The molecule has 0 bridgehead atoms. The first-order valence-electron chi connectivity index (χ1n) is 9.36. The Morgan fingerprint density at radius 2 is 1.97 bits per heavy atom. The van der Waals surface area contributed by atoms with Crippen LogP contribution in [0.5, 0.6) is 5.75 Å². The van der Waals surface area contributed by atoms with Gasteiger partial charge in [0.05, 0.1) is 47.8 Å². The number of aromatic nitrogens is 2. The molecule has 4 aromatic rings. The molecule has 2 aromatic heterocycles. The summed E-state index contributed by atoms with van der Waals surface area (Å²) in [4.78, 5) is 11.9. The molecule has 0 fully saturated rings. The third-order valence-electron chi connectivity index (χ3n) is 4.92. The largest absolute Gasteiger partial charge is 0.497 e. The highest BCUT2D eigenvalue weighted by atomic mass is 16.5. The van der Waals surface area contributed by atoms with E-state index in [4.69, 9.17) is 14.3 Å². The van der Waals surface area contributed by atoms with Crippen molar-refractivity contribution in [2.75, 3.05) is 12.4 Å². The Balaban J connectivity index is 1.93. The van der Waals surface area contributed by atoms with Gasteiger partial charge in [0.25, 0.3) is 0 Å². The van der Waals surface area contributed by atoms with Crippen molar-refractivity contribution >= 4 is 17.5 Å². The second-order valence-electron chi connectivity index (χ2n) is 6.86. The van der Waals surface area contributed by atoms with E-state index in [2.05, 4.69) is 5.32 Å². The molecule has 0 spiro atoms. The number of carboxylic acid groups (broad SMARTS) is 1. The lowest BCUT2D eigenvalue weighted by Gasteiger charge is -2.15. The molecule has 0 aliphatic heterocycles. The molecular weight excluding hydrogens is 382 g/mol. The number of carbonyl (C=O) groups is 1. The first kappa shape index (κ1) is 19.3. The zero-order chi connectivity index (χ0) is 21.3. The Morgan fingerprint density at radius 3 is 2.63 bits per heavy atom. The summed E-state index contributed by atoms with van der Waals surface area (Å²) in [5, 5.41) is 17.8. The van der Waals surface area contributed by atoms with Crippen molar-refractivity contribution in [2.24, 2.45) is 0 Å². The van der Waals surface area contributed by atoms with Gasteiger partial charge in [-0.15, -0.1) is 0 Å². The molecule has 0 atom stereocenters. The van der Waals surface area contributed by atoms with Crippen molar-refractivity contribution in [3.05, 3.63) is 77.9 Å². The molecule has 152 valence electrons. The molecule has 0 unspecified atom stereocenters. The molecular formula is C23H21N3O4. The van der Waals surface area contributed by atoms with Crippen LogP contribution in [0.3, 0.4) is 0 Å². The van der Waals surface area contributed by atoms with E-state index in [0.717, 1.165) is 28.1 Å². The Kier molecular flexibility index (Phi) is 5.02. The fourth-order valence-electron chi connectivity index (χ4n) is 3.43. The van der Waals surface area contributed by atoms with Crippen molar-refractivity contribution in [3.8, 4) is 22.6 Å². The molecule has 7 nitrogen and oxygen atoms in total. The van der Waals surface area contributed by atoms with Gasteiger partial charge in [0.1, 0.15) is 11.6 Å². The minimum absolute atomic E-state index is 0.0997. The summed E-state index contributed by atoms with van der Waals surface area (Å²) < 4.78 is 12.3. The smallest absolute Gasteiger partial charge is 0.337 e. The maximum Gasteiger partial charge on any atom is 0.337 e. The van der Waals surface area contributed by atoms with Gasteiger partial charge >= 0.3 is 5.97 Å². The van der Waals surface area contributed by atoms with Crippen LogP contribution in [0.1, 0.15) is 21.6 Å². The summed E-state index contributed by atoms with van der Waals surface area (Å²) in [7, 11) is 1.50. The van der Waals surface area contributed by atoms with Gasteiger partial charge in [0, 0.05) is 5.56 Å². The molecule has 0 saturated heterocycles. The summed E-state index contributed by atoms with van der Waals surface area (Å²) in [6, 6.07) is 14.6. The average Bonchev–Trinajstić information content (AvgIpc) is 3.36. The molecule has 0 amide bonds. The second kappa shape index (κ2) is 7.79. The van der Waals surface area contributed by atoms with E-state index in [1.54, 1.807) is 29.3 Å². The monoisotopic (exact) mass is 403 g/mol. The number of anilines is 2. The Bertz CT molecular complexity index is 1210. The third-order valence-corrected chi connectivity index (χ3v) is 4.92. The lowest BCUT2D eigenvalue weighted by molar-refractivity contribution is 0.0697. The van der Waals surface area contributed by atoms with Crippen molar-refractivity contribution in [2.45, 2.75) is 13.8 Å². The summed E-state index contributed by atoms with van der Waals surface area (Å²) >= 11 is 0. The van der Waals surface area contributed by atoms with Crippen molar-refractivity contribution in [3.63, 3.8) is 0 Å². The van der Waals surface area contributed by atoms with Crippen LogP contribution in [0, 0.1) is 13.8 Å². The molecule has 2 heterocycles. The van der Waals surface area contributed by atoms with E-state index in [9.17, 15) is 9.90 Å². The van der Waals surface area contributed by atoms with E-state index in [-0.39, 0.29) is 5.56 Å². The van der Waals surface area contributed by atoms with Gasteiger partial charge in [0.15, 0.2) is 0 Å². The number of aromatic carboxylic acids is 1.